The maximum Gasteiger partial charge on any atom is 0.164 e. The minimum absolute atomic E-state index is 0.641. The zero-order valence-electron chi connectivity index (χ0n) is 24.2. The van der Waals surface area contributed by atoms with Crippen molar-refractivity contribution in [2.45, 2.75) is 0 Å². The molecule has 4 nitrogen and oxygen atoms in total. The molecule has 0 aliphatic rings. The quantitative estimate of drug-likeness (QED) is 0.209. The number of hydrogen-bond acceptors (Lipinski definition) is 4. The third-order valence-electron chi connectivity index (χ3n) is 8.47. The van der Waals surface area contributed by atoms with Crippen LogP contribution in [0.1, 0.15) is 0 Å². The van der Waals surface area contributed by atoms with Gasteiger partial charge in [-0.1, -0.05) is 115 Å². The molecule has 0 spiro atoms. The van der Waals surface area contributed by atoms with Gasteiger partial charge >= 0.3 is 0 Å². The van der Waals surface area contributed by atoms with Crippen molar-refractivity contribution in [3.05, 3.63) is 152 Å². The van der Waals surface area contributed by atoms with Crippen LogP contribution < -0.4 is 0 Å². The zero-order chi connectivity index (χ0) is 29.7. The first kappa shape index (κ1) is 25.4. The van der Waals surface area contributed by atoms with Crippen LogP contribution in [0.25, 0.3) is 88.8 Å². The van der Waals surface area contributed by atoms with Gasteiger partial charge in [0.05, 0.1) is 0 Å². The Bertz CT molecular complexity index is 2480. The number of aromatic nitrogens is 3. The summed E-state index contributed by atoms with van der Waals surface area (Å²) in [6, 6.07) is 52.4. The molecule has 0 radical (unpaired) electrons. The number of rotatable bonds is 4. The summed E-state index contributed by atoms with van der Waals surface area (Å²) < 4.78 is 6.16. The molecule has 2 heterocycles. The Morgan fingerprint density at radius 3 is 1.67 bits per heavy atom. The van der Waals surface area contributed by atoms with Crippen LogP contribution in [0.2, 0.25) is 0 Å². The van der Waals surface area contributed by atoms with Gasteiger partial charge in [0.2, 0.25) is 0 Å². The number of benzene rings is 7. The SMILES string of the molecule is c1ccc(-c2nc(-c3ccccc3)nc(-c3cc(-c4ccc5cc6oc7ccccc7c6cc5c4)c4ccccc4c3)n2)cc1. The second-order valence-corrected chi connectivity index (χ2v) is 11.3. The maximum absolute atomic E-state index is 6.16. The Labute approximate surface area is 259 Å². The highest BCUT2D eigenvalue weighted by atomic mass is 16.3. The van der Waals surface area contributed by atoms with E-state index in [1.165, 1.54) is 10.8 Å². The Morgan fingerprint density at radius 1 is 0.333 bits per heavy atom. The summed E-state index contributed by atoms with van der Waals surface area (Å²) in [6.45, 7) is 0. The van der Waals surface area contributed by atoms with Crippen molar-refractivity contribution in [3.8, 4) is 45.3 Å². The molecule has 210 valence electrons. The van der Waals surface area contributed by atoms with Crippen LogP contribution in [0.4, 0.5) is 0 Å². The minimum Gasteiger partial charge on any atom is -0.456 e. The van der Waals surface area contributed by atoms with Gasteiger partial charge in [0.25, 0.3) is 0 Å². The summed E-state index contributed by atoms with van der Waals surface area (Å²) in [7, 11) is 0. The van der Waals surface area contributed by atoms with E-state index >= 15 is 0 Å². The Balaban J connectivity index is 1.25. The van der Waals surface area contributed by atoms with E-state index in [2.05, 4.69) is 78.9 Å². The van der Waals surface area contributed by atoms with E-state index in [0.29, 0.717) is 17.5 Å². The van der Waals surface area contributed by atoms with Crippen molar-refractivity contribution < 1.29 is 4.42 Å². The lowest BCUT2D eigenvalue weighted by molar-refractivity contribution is 0.669. The monoisotopic (exact) mass is 575 g/mol. The Kier molecular flexibility index (Phi) is 5.78. The molecule has 0 aliphatic heterocycles. The largest absolute Gasteiger partial charge is 0.456 e. The van der Waals surface area contributed by atoms with Gasteiger partial charge in [0.1, 0.15) is 11.2 Å². The molecule has 0 N–H and O–H groups in total. The lowest BCUT2D eigenvalue weighted by Gasteiger charge is -2.13. The molecule has 0 unspecified atom stereocenters. The van der Waals surface area contributed by atoms with Crippen LogP contribution in [0.3, 0.4) is 0 Å². The van der Waals surface area contributed by atoms with Gasteiger partial charge in [0.15, 0.2) is 17.5 Å². The fourth-order valence-corrected chi connectivity index (χ4v) is 6.25. The first-order valence-corrected chi connectivity index (χ1v) is 15.0. The van der Waals surface area contributed by atoms with Gasteiger partial charge in [-0.05, 0) is 69.1 Å². The summed E-state index contributed by atoms with van der Waals surface area (Å²) in [4.78, 5) is 14.9. The lowest BCUT2D eigenvalue weighted by atomic mass is 9.93. The highest BCUT2D eigenvalue weighted by molar-refractivity contribution is 6.11. The van der Waals surface area contributed by atoms with Crippen LogP contribution in [0.15, 0.2) is 156 Å². The van der Waals surface area contributed by atoms with Crippen LogP contribution >= 0.6 is 0 Å². The Morgan fingerprint density at radius 2 is 0.933 bits per heavy atom. The number of nitrogens with zero attached hydrogens (tertiary/aromatic N) is 3. The van der Waals surface area contributed by atoms with E-state index in [0.717, 1.165) is 60.5 Å². The van der Waals surface area contributed by atoms with Crippen molar-refractivity contribution in [1.29, 1.82) is 0 Å². The third-order valence-corrected chi connectivity index (χ3v) is 8.47. The predicted octanol–water partition coefficient (Wildman–Crippen LogP) is 10.7. The standard InChI is InChI=1S/C41H25N3O/c1-3-11-26(12-4-1)39-42-40(27-13-5-2-6-14-27)44-41(43-39)32-22-29-15-7-8-16-33(29)35(24-32)30-20-19-28-25-38-36(23-31(28)21-30)34-17-9-10-18-37(34)45-38/h1-25H. The molecule has 9 aromatic rings. The van der Waals surface area contributed by atoms with Crippen LogP contribution in [-0.4, -0.2) is 15.0 Å². The fourth-order valence-electron chi connectivity index (χ4n) is 6.25. The molecule has 7 aromatic carbocycles. The van der Waals surface area contributed by atoms with Gasteiger partial charge in [0, 0.05) is 27.5 Å². The Hall–Kier alpha value is -6.13. The third kappa shape index (κ3) is 4.43. The van der Waals surface area contributed by atoms with Crippen LogP contribution in [0, 0.1) is 0 Å². The number of fused-ring (bicyclic) bond motifs is 5. The van der Waals surface area contributed by atoms with Crippen molar-refractivity contribution in [3.63, 3.8) is 0 Å². The van der Waals surface area contributed by atoms with E-state index in [9.17, 15) is 0 Å². The second-order valence-electron chi connectivity index (χ2n) is 11.3. The first-order chi connectivity index (χ1) is 22.3. The van der Waals surface area contributed by atoms with Gasteiger partial charge in [-0.3, -0.25) is 0 Å². The van der Waals surface area contributed by atoms with E-state index in [-0.39, 0.29) is 0 Å². The highest BCUT2D eigenvalue weighted by Gasteiger charge is 2.16. The first-order valence-electron chi connectivity index (χ1n) is 15.0. The highest BCUT2D eigenvalue weighted by Crippen LogP contribution is 2.37. The average molecular weight is 576 g/mol. The van der Waals surface area contributed by atoms with Crippen LogP contribution in [0.5, 0.6) is 0 Å². The summed E-state index contributed by atoms with van der Waals surface area (Å²) in [5.41, 5.74) is 6.92. The van der Waals surface area contributed by atoms with Crippen molar-refractivity contribution in [2.24, 2.45) is 0 Å². The molecule has 0 bridgehead atoms. The molecule has 0 saturated heterocycles. The summed E-state index contributed by atoms with van der Waals surface area (Å²) in [5, 5.41) is 6.87. The molecule has 9 rings (SSSR count). The number of furan rings is 1. The van der Waals surface area contributed by atoms with E-state index in [1.807, 2.05) is 72.8 Å². The van der Waals surface area contributed by atoms with Crippen LogP contribution in [-0.2, 0) is 0 Å². The number of hydrogen-bond donors (Lipinski definition) is 0. The van der Waals surface area contributed by atoms with Crippen molar-refractivity contribution in [1.82, 2.24) is 15.0 Å². The molecule has 4 heteroatoms. The van der Waals surface area contributed by atoms with E-state index in [1.54, 1.807) is 0 Å². The predicted molar refractivity (Wildman–Crippen MR) is 184 cm³/mol. The summed E-state index contributed by atoms with van der Waals surface area (Å²) in [6.07, 6.45) is 0. The topological polar surface area (TPSA) is 51.8 Å². The molecule has 0 atom stereocenters. The van der Waals surface area contributed by atoms with Crippen molar-refractivity contribution in [2.75, 3.05) is 0 Å². The maximum atomic E-state index is 6.16. The molecule has 0 aliphatic carbocycles. The summed E-state index contributed by atoms with van der Waals surface area (Å²) in [5.74, 6) is 1.94. The molecular formula is C41H25N3O. The second kappa shape index (κ2) is 10.2. The summed E-state index contributed by atoms with van der Waals surface area (Å²) >= 11 is 0. The van der Waals surface area contributed by atoms with Gasteiger partial charge in [-0.25, -0.2) is 15.0 Å². The van der Waals surface area contributed by atoms with Gasteiger partial charge in [-0.15, -0.1) is 0 Å². The zero-order valence-corrected chi connectivity index (χ0v) is 24.2. The minimum atomic E-state index is 0.641. The molecule has 0 saturated carbocycles. The molecule has 0 fully saturated rings. The van der Waals surface area contributed by atoms with Gasteiger partial charge in [-0.2, -0.15) is 0 Å². The molecule has 2 aromatic heterocycles. The van der Waals surface area contributed by atoms with E-state index in [4.69, 9.17) is 19.4 Å². The fraction of sp³-hybridized carbons (Fsp3) is 0. The normalized spacial score (nSPS) is 11.6. The van der Waals surface area contributed by atoms with Crippen molar-refractivity contribution >= 4 is 43.5 Å². The smallest absolute Gasteiger partial charge is 0.164 e. The van der Waals surface area contributed by atoms with E-state index < -0.39 is 0 Å². The average Bonchev–Trinajstić information content (AvgIpc) is 3.48. The lowest BCUT2D eigenvalue weighted by Crippen LogP contribution is -2.00. The molecular weight excluding hydrogens is 550 g/mol. The van der Waals surface area contributed by atoms with Gasteiger partial charge < -0.3 is 4.42 Å². The number of para-hydroxylation sites is 1. The molecule has 0 amide bonds. The molecule has 45 heavy (non-hydrogen) atoms.